The Hall–Kier alpha value is -2.29. The molecule has 2 aromatic carbocycles. The largest absolute Gasteiger partial charge is 0.508 e. The van der Waals surface area contributed by atoms with Gasteiger partial charge in [0.15, 0.2) is 0 Å². The second-order valence-electron chi connectivity index (χ2n) is 6.11. The maximum Gasteiger partial charge on any atom is 0.138 e. The summed E-state index contributed by atoms with van der Waals surface area (Å²) in [5.41, 5.74) is 4.21. The molecule has 0 saturated carbocycles. The Morgan fingerprint density at radius 1 is 1.00 bits per heavy atom. The molecule has 0 amide bonds. The van der Waals surface area contributed by atoms with Crippen LogP contribution in [0.4, 0.5) is 0 Å². The highest BCUT2D eigenvalue weighted by Gasteiger charge is 2.13. The second-order valence-corrected chi connectivity index (χ2v) is 6.11. The van der Waals surface area contributed by atoms with Gasteiger partial charge in [0.1, 0.15) is 11.6 Å². The second kappa shape index (κ2) is 4.37. The third kappa shape index (κ3) is 2.27. The number of benzene rings is 2. The molecule has 2 N–H and O–H groups in total. The maximum atomic E-state index is 9.49. The van der Waals surface area contributed by atoms with Gasteiger partial charge in [0, 0.05) is 11.6 Å². The van der Waals surface area contributed by atoms with Gasteiger partial charge in [-0.3, -0.25) is 0 Å². The molecule has 0 saturated heterocycles. The average molecular weight is 266 g/mol. The summed E-state index contributed by atoms with van der Waals surface area (Å²) in [5, 5.41) is 9.49. The number of phenolic OH excluding ortho intramolecular Hbond substituents is 1. The Kier molecular flexibility index (Phi) is 2.78. The predicted molar refractivity (Wildman–Crippen MR) is 81.9 cm³/mol. The first-order valence-corrected chi connectivity index (χ1v) is 6.73. The molecule has 0 radical (unpaired) electrons. The van der Waals surface area contributed by atoms with E-state index in [2.05, 4.69) is 55.0 Å². The molecule has 1 heterocycles. The van der Waals surface area contributed by atoms with Crippen LogP contribution in [0.1, 0.15) is 26.3 Å². The van der Waals surface area contributed by atoms with Gasteiger partial charge in [-0.25, -0.2) is 4.98 Å². The van der Waals surface area contributed by atoms with Crippen LogP contribution in [0.5, 0.6) is 5.75 Å². The van der Waals surface area contributed by atoms with E-state index in [0.29, 0.717) is 0 Å². The van der Waals surface area contributed by atoms with Gasteiger partial charge in [-0.1, -0.05) is 45.0 Å². The highest BCUT2D eigenvalue weighted by atomic mass is 16.3. The zero-order valence-electron chi connectivity index (χ0n) is 11.9. The Bertz CT molecular complexity index is 749. The van der Waals surface area contributed by atoms with Gasteiger partial charge in [0.2, 0.25) is 0 Å². The van der Waals surface area contributed by atoms with Gasteiger partial charge >= 0.3 is 0 Å². The molecule has 0 aliphatic carbocycles. The number of fused-ring (bicyclic) bond motifs is 1. The van der Waals surface area contributed by atoms with E-state index >= 15 is 0 Å². The highest BCUT2D eigenvalue weighted by Crippen LogP contribution is 2.27. The molecule has 20 heavy (non-hydrogen) atoms. The lowest BCUT2D eigenvalue weighted by Gasteiger charge is -2.18. The Morgan fingerprint density at radius 3 is 2.35 bits per heavy atom. The number of rotatable bonds is 1. The quantitative estimate of drug-likeness (QED) is 0.692. The minimum atomic E-state index is 0.151. The summed E-state index contributed by atoms with van der Waals surface area (Å²) in [5.74, 6) is 1.07. The summed E-state index contributed by atoms with van der Waals surface area (Å²) in [4.78, 5) is 7.79. The zero-order valence-corrected chi connectivity index (χ0v) is 11.9. The number of nitrogens with one attached hydrogen (secondary N) is 1. The Labute approximate surface area is 118 Å². The molecule has 0 atom stereocenters. The number of aromatic hydroxyl groups is 1. The number of H-pyrrole nitrogens is 1. The van der Waals surface area contributed by atoms with Gasteiger partial charge < -0.3 is 10.1 Å². The number of hydrogen-bond donors (Lipinski definition) is 2. The number of aromatic amines is 1. The van der Waals surface area contributed by atoms with Crippen LogP contribution in [-0.4, -0.2) is 15.1 Å². The van der Waals surface area contributed by atoms with Crippen LogP contribution in [0.15, 0.2) is 42.5 Å². The van der Waals surface area contributed by atoms with E-state index in [-0.39, 0.29) is 11.2 Å². The number of nitrogens with zero attached hydrogens (tertiary/aromatic N) is 1. The molecule has 102 valence electrons. The summed E-state index contributed by atoms with van der Waals surface area (Å²) in [6, 6.07) is 13.6. The molecule has 0 fully saturated rings. The smallest absolute Gasteiger partial charge is 0.138 e. The first-order chi connectivity index (χ1) is 9.43. The lowest BCUT2D eigenvalue weighted by molar-refractivity contribution is 0.476. The molecule has 3 aromatic rings. The van der Waals surface area contributed by atoms with Gasteiger partial charge in [-0.2, -0.15) is 0 Å². The SMILES string of the molecule is CC(C)(C)c1ccc(-c2nc3ccc(O)cc3[nH]2)cc1. The van der Waals surface area contributed by atoms with E-state index < -0.39 is 0 Å². The summed E-state index contributed by atoms with van der Waals surface area (Å²) in [6.45, 7) is 6.60. The van der Waals surface area contributed by atoms with E-state index in [4.69, 9.17) is 0 Å². The summed E-state index contributed by atoms with van der Waals surface area (Å²) < 4.78 is 0. The summed E-state index contributed by atoms with van der Waals surface area (Å²) in [7, 11) is 0. The molecule has 0 spiro atoms. The van der Waals surface area contributed by atoms with Crippen molar-refractivity contribution in [2.45, 2.75) is 26.2 Å². The molecule has 3 nitrogen and oxygen atoms in total. The van der Waals surface area contributed by atoms with Crippen molar-refractivity contribution in [2.24, 2.45) is 0 Å². The minimum absolute atomic E-state index is 0.151. The lowest BCUT2D eigenvalue weighted by Crippen LogP contribution is -2.10. The van der Waals surface area contributed by atoms with Gasteiger partial charge in [0.25, 0.3) is 0 Å². The van der Waals surface area contributed by atoms with Crippen molar-refractivity contribution in [3.63, 3.8) is 0 Å². The van der Waals surface area contributed by atoms with E-state index in [1.165, 1.54) is 5.56 Å². The Balaban J connectivity index is 2.02. The van der Waals surface area contributed by atoms with Crippen LogP contribution in [0.3, 0.4) is 0 Å². The molecule has 3 heteroatoms. The average Bonchev–Trinajstić information content (AvgIpc) is 2.80. The summed E-state index contributed by atoms with van der Waals surface area (Å²) >= 11 is 0. The first-order valence-electron chi connectivity index (χ1n) is 6.73. The predicted octanol–water partition coefficient (Wildman–Crippen LogP) is 4.23. The van der Waals surface area contributed by atoms with Crippen LogP contribution < -0.4 is 0 Å². The fourth-order valence-electron chi connectivity index (χ4n) is 2.26. The molecule has 0 aliphatic heterocycles. The van der Waals surface area contributed by atoms with Crippen molar-refractivity contribution in [3.8, 4) is 17.1 Å². The minimum Gasteiger partial charge on any atom is -0.508 e. The third-order valence-corrected chi connectivity index (χ3v) is 3.49. The normalized spacial score (nSPS) is 11.9. The monoisotopic (exact) mass is 266 g/mol. The van der Waals surface area contributed by atoms with Crippen LogP contribution >= 0.6 is 0 Å². The van der Waals surface area contributed by atoms with Crippen LogP contribution in [0.2, 0.25) is 0 Å². The fraction of sp³-hybridized carbons (Fsp3) is 0.235. The Morgan fingerprint density at radius 2 is 1.70 bits per heavy atom. The van der Waals surface area contributed by atoms with Crippen molar-refractivity contribution in [2.75, 3.05) is 0 Å². The molecular weight excluding hydrogens is 248 g/mol. The molecule has 0 bridgehead atoms. The van der Waals surface area contributed by atoms with Crippen molar-refractivity contribution >= 4 is 11.0 Å². The van der Waals surface area contributed by atoms with Crippen molar-refractivity contribution < 1.29 is 5.11 Å². The molecule has 0 unspecified atom stereocenters. The summed E-state index contributed by atoms with van der Waals surface area (Å²) in [6.07, 6.45) is 0. The molecule has 1 aromatic heterocycles. The lowest BCUT2D eigenvalue weighted by atomic mass is 9.87. The molecule has 0 aliphatic rings. The standard InChI is InChI=1S/C17H18N2O/c1-17(2,3)12-6-4-11(5-7-12)16-18-14-9-8-13(20)10-15(14)19-16/h4-10,20H,1-3H3,(H,18,19). The number of phenols is 1. The number of hydrogen-bond acceptors (Lipinski definition) is 2. The van der Waals surface area contributed by atoms with Crippen LogP contribution in [0, 0.1) is 0 Å². The maximum absolute atomic E-state index is 9.49. The number of imidazole rings is 1. The topological polar surface area (TPSA) is 48.9 Å². The van der Waals surface area contributed by atoms with E-state index in [1.54, 1.807) is 12.1 Å². The third-order valence-electron chi connectivity index (χ3n) is 3.49. The van der Waals surface area contributed by atoms with Crippen molar-refractivity contribution in [3.05, 3.63) is 48.0 Å². The van der Waals surface area contributed by atoms with E-state index in [9.17, 15) is 5.11 Å². The van der Waals surface area contributed by atoms with Gasteiger partial charge in [0.05, 0.1) is 11.0 Å². The van der Waals surface area contributed by atoms with Crippen molar-refractivity contribution in [1.82, 2.24) is 9.97 Å². The van der Waals surface area contributed by atoms with Gasteiger partial charge in [-0.15, -0.1) is 0 Å². The van der Waals surface area contributed by atoms with Crippen LogP contribution in [0.25, 0.3) is 22.4 Å². The first kappa shape index (κ1) is 12.7. The number of aromatic nitrogens is 2. The van der Waals surface area contributed by atoms with Gasteiger partial charge in [-0.05, 0) is 23.1 Å². The van der Waals surface area contributed by atoms with E-state index in [1.807, 2.05) is 6.07 Å². The van der Waals surface area contributed by atoms with Crippen molar-refractivity contribution in [1.29, 1.82) is 0 Å². The van der Waals surface area contributed by atoms with Crippen LogP contribution in [-0.2, 0) is 5.41 Å². The fourth-order valence-corrected chi connectivity index (χ4v) is 2.26. The molecular formula is C17H18N2O. The zero-order chi connectivity index (χ0) is 14.3. The highest BCUT2D eigenvalue weighted by molar-refractivity contribution is 5.80. The van der Waals surface area contributed by atoms with E-state index in [0.717, 1.165) is 22.4 Å². The molecule has 3 rings (SSSR count).